The van der Waals surface area contributed by atoms with E-state index in [1.54, 1.807) is 31.2 Å². The Hall–Kier alpha value is -1.72. The van der Waals surface area contributed by atoms with Crippen LogP contribution < -0.4 is 4.74 Å². The molecule has 106 valence electrons. The van der Waals surface area contributed by atoms with Gasteiger partial charge in [-0.1, -0.05) is 29.3 Å². The van der Waals surface area contributed by atoms with E-state index in [1.165, 1.54) is 25.3 Å². The molecule has 4 nitrogen and oxygen atoms in total. The van der Waals surface area contributed by atoms with Crippen molar-refractivity contribution in [2.75, 3.05) is 7.11 Å². The summed E-state index contributed by atoms with van der Waals surface area (Å²) in [6.07, 6.45) is 0. The quantitative estimate of drug-likeness (QED) is 0.856. The maximum absolute atomic E-state index is 12.2. The third-order valence-corrected chi connectivity index (χ3v) is 4.29. The van der Waals surface area contributed by atoms with Crippen molar-refractivity contribution in [3.05, 3.63) is 57.8 Å². The highest BCUT2D eigenvalue weighted by molar-refractivity contribution is 7.94. The third-order valence-electron chi connectivity index (χ3n) is 2.75. The molecule has 0 N–H and O–H groups in total. The van der Waals surface area contributed by atoms with Crippen LogP contribution >= 0.6 is 11.6 Å². The van der Waals surface area contributed by atoms with E-state index in [-0.39, 0.29) is 4.90 Å². The molecule has 0 heterocycles. The molecule has 0 saturated carbocycles. The molecule has 6 heteroatoms. The van der Waals surface area contributed by atoms with Gasteiger partial charge < -0.3 is 9.46 Å². The smallest absolute Gasteiger partial charge is 0.123 e. The summed E-state index contributed by atoms with van der Waals surface area (Å²) in [5, 5.41) is 0.444. The van der Waals surface area contributed by atoms with Crippen LogP contribution in [0.4, 0.5) is 5.69 Å². The molecule has 0 spiro atoms. The Kier molecular flexibility index (Phi) is 4.20. The molecule has 0 radical (unpaired) electrons. The van der Waals surface area contributed by atoms with E-state index < -0.39 is 10.0 Å². The number of nitrogens with zero attached hydrogens (tertiary/aromatic N) is 1. The molecule has 0 aliphatic heterocycles. The van der Waals surface area contributed by atoms with Gasteiger partial charge in [-0.05, 0) is 37.3 Å². The van der Waals surface area contributed by atoms with Gasteiger partial charge in [0, 0.05) is 5.02 Å². The van der Waals surface area contributed by atoms with Crippen LogP contribution in [-0.4, -0.2) is 15.5 Å². The maximum atomic E-state index is 12.2. The van der Waals surface area contributed by atoms with Gasteiger partial charge in [0.2, 0.25) is 0 Å². The monoisotopic (exact) mass is 310 g/mol. The number of hydrogen-bond donors (Lipinski definition) is 0. The fourth-order valence-electron chi connectivity index (χ4n) is 1.61. The lowest BCUT2D eigenvalue weighted by atomic mass is 10.2. The summed E-state index contributed by atoms with van der Waals surface area (Å²) in [6.45, 7) is 1.78. The van der Waals surface area contributed by atoms with Gasteiger partial charge in [-0.25, -0.2) is 8.42 Å². The topological polar surface area (TPSA) is 57.5 Å². The zero-order chi connectivity index (χ0) is 14.8. The van der Waals surface area contributed by atoms with Crippen molar-refractivity contribution < 1.29 is 13.2 Å². The fourth-order valence-corrected chi connectivity index (χ4v) is 2.82. The van der Waals surface area contributed by atoms with Gasteiger partial charge >= 0.3 is 0 Å². The molecular weight excluding hydrogens is 298 g/mol. The molecule has 0 unspecified atom stereocenters. The Morgan fingerprint density at radius 1 is 1.10 bits per heavy atom. The van der Waals surface area contributed by atoms with Crippen LogP contribution in [-0.2, 0) is 10.0 Å². The van der Waals surface area contributed by atoms with Gasteiger partial charge in [0.05, 0.1) is 12.0 Å². The second-order valence-electron chi connectivity index (χ2n) is 4.17. The second kappa shape index (κ2) is 5.73. The minimum Gasteiger partial charge on any atom is -0.572 e. The van der Waals surface area contributed by atoms with Gasteiger partial charge in [0.25, 0.3) is 0 Å². The van der Waals surface area contributed by atoms with Crippen molar-refractivity contribution in [2.45, 2.75) is 11.8 Å². The lowest BCUT2D eigenvalue weighted by Gasteiger charge is -2.24. The van der Waals surface area contributed by atoms with E-state index in [2.05, 4.69) is 4.72 Å². The van der Waals surface area contributed by atoms with E-state index in [4.69, 9.17) is 16.3 Å². The standard InChI is InChI=1S/C14H13ClNO3S/c1-10-3-4-11(15)9-14(10)16-20(17,18)13-7-5-12(19-2)6-8-13/h3-9H,1-2H3/q-1. The summed E-state index contributed by atoms with van der Waals surface area (Å²) in [7, 11) is -2.25. The Labute approximate surface area is 123 Å². The molecule has 20 heavy (non-hydrogen) atoms. The largest absolute Gasteiger partial charge is 0.572 e. The molecule has 0 saturated heterocycles. The normalized spacial score (nSPS) is 11.2. The molecule has 0 aliphatic rings. The predicted octanol–water partition coefficient (Wildman–Crippen LogP) is 4.05. The summed E-state index contributed by atoms with van der Waals surface area (Å²) in [5.74, 6) is 0.586. The first-order valence-corrected chi connectivity index (χ1v) is 7.62. The van der Waals surface area contributed by atoms with E-state index in [9.17, 15) is 8.42 Å². The van der Waals surface area contributed by atoms with Crippen molar-refractivity contribution in [1.29, 1.82) is 0 Å². The number of hydrogen-bond acceptors (Lipinski definition) is 3. The summed E-state index contributed by atoms with van der Waals surface area (Å²) < 4.78 is 33.2. The predicted molar refractivity (Wildman–Crippen MR) is 79.4 cm³/mol. The molecule has 2 rings (SSSR count). The molecule has 2 aromatic rings. The molecular formula is C14H13ClNO3S-. The molecule has 0 aromatic heterocycles. The lowest BCUT2D eigenvalue weighted by molar-refractivity contribution is 0.414. The Bertz CT molecular complexity index is 712. The first-order chi connectivity index (χ1) is 9.42. The molecule has 0 aliphatic carbocycles. The zero-order valence-corrected chi connectivity index (χ0v) is 12.6. The van der Waals surface area contributed by atoms with E-state index in [0.29, 0.717) is 16.5 Å². The average molecular weight is 311 g/mol. The summed E-state index contributed by atoms with van der Waals surface area (Å²) in [4.78, 5) is 0.109. The van der Waals surface area contributed by atoms with Crippen molar-refractivity contribution in [2.24, 2.45) is 0 Å². The molecule has 0 atom stereocenters. The van der Waals surface area contributed by atoms with Crippen molar-refractivity contribution >= 4 is 27.3 Å². The third kappa shape index (κ3) is 3.23. The average Bonchev–Trinajstić information content (AvgIpc) is 2.43. The number of methoxy groups -OCH3 is 1. The number of ether oxygens (including phenoxy) is 1. The number of rotatable bonds is 4. The van der Waals surface area contributed by atoms with E-state index in [1.807, 2.05) is 0 Å². The summed E-state index contributed by atoms with van der Waals surface area (Å²) >= 11 is 5.86. The van der Waals surface area contributed by atoms with E-state index >= 15 is 0 Å². The van der Waals surface area contributed by atoms with Gasteiger partial charge in [0.15, 0.2) is 0 Å². The van der Waals surface area contributed by atoms with Crippen molar-refractivity contribution in [3.8, 4) is 5.75 Å². The van der Waals surface area contributed by atoms with Gasteiger partial charge in [0.1, 0.15) is 15.8 Å². The highest BCUT2D eigenvalue weighted by atomic mass is 35.5. The minimum atomic E-state index is -3.77. The first-order valence-electron chi connectivity index (χ1n) is 5.80. The van der Waals surface area contributed by atoms with Crippen LogP contribution in [0.2, 0.25) is 5.02 Å². The van der Waals surface area contributed by atoms with Crippen molar-refractivity contribution in [3.63, 3.8) is 0 Å². The SMILES string of the molecule is COc1ccc(S(=O)(=O)[N-]c2cc(Cl)ccc2C)cc1. The maximum Gasteiger partial charge on any atom is 0.123 e. The van der Waals surface area contributed by atoms with Crippen LogP contribution in [0.3, 0.4) is 0 Å². The zero-order valence-electron chi connectivity index (χ0n) is 11.0. The number of benzene rings is 2. The minimum absolute atomic E-state index is 0.109. The van der Waals surface area contributed by atoms with Crippen molar-refractivity contribution in [1.82, 2.24) is 0 Å². The van der Waals surface area contributed by atoms with Crippen LogP contribution in [0.25, 0.3) is 4.72 Å². The molecule has 0 bridgehead atoms. The summed E-state index contributed by atoms with van der Waals surface area (Å²) in [5.41, 5.74) is 1.08. The molecule has 0 amide bonds. The van der Waals surface area contributed by atoms with Crippen LogP contribution in [0, 0.1) is 6.92 Å². The van der Waals surface area contributed by atoms with Crippen LogP contribution in [0.15, 0.2) is 47.4 Å². The first kappa shape index (κ1) is 14.7. The molecule has 2 aromatic carbocycles. The fraction of sp³-hybridized carbons (Fsp3) is 0.143. The van der Waals surface area contributed by atoms with Gasteiger partial charge in [-0.3, -0.25) is 0 Å². The van der Waals surface area contributed by atoms with Gasteiger partial charge in [-0.15, -0.1) is 5.69 Å². The lowest BCUT2D eigenvalue weighted by Crippen LogP contribution is -1.98. The number of sulfonamides is 1. The Balaban J connectivity index is 2.32. The van der Waals surface area contributed by atoms with Crippen LogP contribution in [0.5, 0.6) is 5.75 Å². The summed E-state index contributed by atoms with van der Waals surface area (Å²) in [6, 6.07) is 11.0. The number of aryl methyl sites for hydroxylation is 1. The van der Waals surface area contributed by atoms with Gasteiger partial charge in [-0.2, -0.15) is 0 Å². The Morgan fingerprint density at radius 3 is 2.35 bits per heavy atom. The highest BCUT2D eigenvalue weighted by Crippen LogP contribution is 2.33. The van der Waals surface area contributed by atoms with E-state index in [0.717, 1.165) is 5.56 Å². The van der Waals surface area contributed by atoms with Crippen LogP contribution in [0.1, 0.15) is 5.56 Å². The molecule has 0 fully saturated rings. The number of halogens is 1. The Morgan fingerprint density at radius 2 is 1.75 bits per heavy atom. The highest BCUT2D eigenvalue weighted by Gasteiger charge is 2.06. The second-order valence-corrected chi connectivity index (χ2v) is 6.21.